The molecule has 0 radical (unpaired) electrons. The van der Waals surface area contributed by atoms with Gasteiger partial charge in [-0.25, -0.2) is 0 Å². The molecule has 2 aliphatic rings. The molecule has 0 aromatic heterocycles. The largest absolute Gasteiger partial charge is 0.367 e. The predicted octanol–water partition coefficient (Wildman–Crippen LogP) is 2.44. The molecule has 0 amide bonds. The Hall–Kier alpha value is -0.560. The van der Waals surface area contributed by atoms with E-state index in [1.807, 2.05) is 0 Å². The molecular formula is C10H14O. The molecule has 0 aromatic rings. The molecule has 0 spiro atoms. The Morgan fingerprint density at radius 3 is 2.91 bits per heavy atom. The highest BCUT2D eigenvalue weighted by atomic mass is 16.5. The van der Waals surface area contributed by atoms with Gasteiger partial charge in [0, 0.05) is 0 Å². The first-order valence-corrected chi connectivity index (χ1v) is 4.34. The second-order valence-electron chi connectivity index (χ2n) is 3.34. The summed E-state index contributed by atoms with van der Waals surface area (Å²) in [4.78, 5) is 0. The quantitative estimate of drug-likeness (QED) is 0.515. The number of hydrogen-bond acceptors (Lipinski definition) is 1. The standard InChI is InChI=1S/C10H14O/c1-7-9-5-3-4-6-10(9)8(2)11-7/h3,5,7-8H,4,6H2,1-2H3. The predicted molar refractivity (Wildman–Crippen MR) is 45.4 cm³/mol. The van der Waals surface area contributed by atoms with Crippen molar-refractivity contribution in [3.63, 3.8) is 0 Å². The van der Waals surface area contributed by atoms with Crippen LogP contribution in [0.1, 0.15) is 26.7 Å². The molecule has 0 aromatic carbocycles. The molecular weight excluding hydrogens is 136 g/mol. The van der Waals surface area contributed by atoms with Crippen LogP contribution >= 0.6 is 0 Å². The van der Waals surface area contributed by atoms with Crippen molar-refractivity contribution in [2.45, 2.75) is 38.9 Å². The van der Waals surface area contributed by atoms with Crippen LogP contribution in [0.25, 0.3) is 0 Å². The van der Waals surface area contributed by atoms with Crippen molar-refractivity contribution in [2.75, 3.05) is 0 Å². The number of allylic oxidation sites excluding steroid dienone is 1. The topological polar surface area (TPSA) is 9.23 Å². The summed E-state index contributed by atoms with van der Waals surface area (Å²) in [5, 5.41) is 0. The fourth-order valence-corrected chi connectivity index (χ4v) is 2.00. The summed E-state index contributed by atoms with van der Waals surface area (Å²) in [6.45, 7) is 4.28. The van der Waals surface area contributed by atoms with E-state index in [2.05, 4.69) is 26.0 Å². The van der Waals surface area contributed by atoms with Crippen LogP contribution < -0.4 is 0 Å². The van der Waals surface area contributed by atoms with Crippen LogP contribution in [0.4, 0.5) is 0 Å². The summed E-state index contributed by atoms with van der Waals surface area (Å²) >= 11 is 0. The Morgan fingerprint density at radius 1 is 1.36 bits per heavy atom. The van der Waals surface area contributed by atoms with Crippen molar-refractivity contribution >= 4 is 0 Å². The first-order valence-electron chi connectivity index (χ1n) is 4.34. The fourth-order valence-electron chi connectivity index (χ4n) is 2.00. The molecule has 11 heavy (non-hydrogen) atoms. The van der Waals surface area contributed by atoms with Crippen molar-refractivity contribution in [3.05, 3.63) is 23.3 Å². The van der Waals surface area contributed by atoms with Crippen LogP contribution in [0.3, 0.4) is 0 Å². The summed E-state index contributed by atoms with van der Waals surface area (Å²) in [5.74, 6) is 0. The molecule has 2 rings (SSSR count). The molecule has 1 aliphatic heterocycles. The lowest BCUT2D eigenvalue weighted by molar-refractivity contribution is 0.0749. The van der Waals surface area contributed by atoms with Crippen LogP contribution in [0.15, 0.2) is 23.3 Å². The van der Waals surface area contributed by atoms with Crippen molar-refractivity contribution < 1.29 is 4.74 Å². The van der Waals surface area contributed by atoms with Gasteiger partial charge in [-0.1, -0.05) is 12.2 Å². The summed E-state index contributed by atoms with van der Waals surface area (Å²) in [7, 11) is 0. The van der Waals surface area contributed by atoms with E-state index in [1.54, 1.807) is 0 Å². The van der Waals surface area contributed by atoms with Gasteiger partial charge in [0.2, 0.25) is 0 Å². The highest BCUT2D eigenvalue weighted by Crippen LogP contribution is 2.33. The maximum Gasteiger partial charge on any atom is 0.0805 e. The third kappa shape index (κ3) is 1.04. The second kappa shape index (κ2) is 2.49. The van der Waals surface area contributed by atoms with Gasteiger partial charge in [-0.05, 0) is 37.8 Å². The molecule has 1 nitrogen and oxygen atoms in total. The van der Waals surface area contributed by atoms with E-state index in [1.165, 1.54) is 24.0 Å². The van der Waals surface area contributed by atoms with Gasteiger partial charge in [-0.15, -0.1) is 0 Å². The molecule has 0 N–H and O–H groups in total. The van der Waals surface area contributed by atoms with E-state index in [0.29, 0.717) is 12.2 Å². The van der Waals surface area contributed by atoms with Crippen LogP contribution in [0.5, 0.6) is 0 Å². The van der Waals surface area contributed by atoms with E-state index < -0.39 is 0 Å². The van der Waals surface area contributed by atoms with Crippen molar-refractivity contribution in [1.29, 1.82) is 0 Å². The lowest BCUT2D eigenvalue weighted by Gasteiger charge is -2.09. The Balaban J connectivity index is 2.33. The summed E-state index contributed by atoms with van der Waals surface area (Å²) in [6.07, 6.45) is 7.57. The van der Waals surface area contributed by atoms with Crippen LogP contribution in [-0.2, 0) is 4.74 Å². The highest BCUT2D eigenvalue weighted by molar-refractivity contribution is 5.37. The lowest BCUT2D eigenvalue weighted by atomic mass is 9.94. The van der Waals surface area contributed by atoms with Gasteiger partial charge in [0.15, 0.2) is 0 Å². The van der Waals surface area contributed by atoms with Crippen LogP contribution in [0, 0.1) is 0 Å². The van der Waals surface area contributed by atoms with E-state index >= 15 is 0 Å². The third-order valence-corrected chi connectivity index (χ3v) is 2.59. The zero-order valence-corrected chi connectivity index (χ0v) is 7.13. The maximum atomic E-state index is 5.68. The van der Waals surface area contributed by atoms with E-state index in [0.717, 1.165) is 0 Å². The van der Waals surface area contributed by atoms with E-state index in [9.17, 15) is 0 Å². The van der Waals surface area contributed by atoms with Gasteiger partial charge in [-0.3, -0.25) is 0 Å². The van der Waals surface area contributed by atoms with Crippen LogP contribution in [-0.4, -0.2) is 12.2 Å². The molecule has 0 saturated heterocycles. The van der Waals surface area contributed by atoms with Crippen LogP contribution in [0.2, 0.25) is 0 Å². The van der Waals surface area contributed by atoms with Gasteiger partial charge in [0.1, 0.15) is 0 Å². The van der Waals surface area contributed by atoms with E-state index in [-0.39, 0.29) is 0 Å². The number of ether oxygens (including phenoxy) is 1. The van der Waals surface area contributed by atoms with Gasteiger partial charge < -0.3 is 4.74 Å². The molecule has 2 unspecified atom stereocenters. The average Bonchev–Trinajstić information content (AvgIpc) is 2.30. The van der Waals surface area contributed by atoms with Gasteiger partial charge in [0.25, 0.3) is 0 Å². The lowest BCUT2D eigenvalue weighted by Crippen LogP contribution is -2.07. The Morgan fingerprint density at radius 2 is 2.18 bits per heavy atom. The van der Waals surface area contributed by atoms with Crippen molar-refractivity contribution in [2.24, 2.45) is 0 Å². The summed E-state index contributed by atoms with van der Waals surface area (Å²) < 4.78 is 5.68. The second-order valence-corrected chi connectivity index (χ2v) is 3.34. The maximum absolute atomic E-state index is 5.68. The summed E-state index contributed by atoms with van der Waals surface area (Å²) in [5.41, 5.74) is 2.96. The van der Waals surface area contributed by atoms with Gasteiger partial charge in [0.05, 0.1) is 12.2 Å². The number of hydrogen-bond donors (Lipinski definition) is 0. The molecule has 60 valence electrons. The smallest absolute Gasteiger partial charge is 0.0805 e. The number of rotatable bonds is 0. The zero-order valence-electron chi connectivity index (χ0n) is 7.13. The molecule has 1 heteroatoms. The van der Waals surface area contributed by atoms with Gasteiger partial charge in [-0.2, -0.15) is 0 Å². The molecule has 1 heterocycles. The Labute approximate surface area is 67.7 Å². The minimum Gasteiger partial charge on any atom is -0.367 e. The monoisotopic (exact) mass is 150 g/mol. The minimum atomic E-state index is 0.330. The zero-order chi connectivity index (χ0) is 7.84. The fraction of sp³-hybridized carbons (Fsp3) is 0.600. The third-order valence-electron chi connectivity index (χ3n) is 2.59. The molecule has 2 atom stereocenters. The molecule has 0 fully saturated rings. The highest BCUT2D eigenvalue weighted by Gasteiger charge is 2.27. The Bertz CT molecular complexity index is 225. The molecule has 1 aliphatic carbocycles. The first kappa shape index (κ1) is 7.11. The minimum absolute atomic E-state index is 0.330. The molecule has 0 saturated carbocycles. The van der Waals surface area contributed by atoms with Crippen molar-refractivity contribution in [1.82, 2.24) is 0 Å². The first-order chi connectivity index (χ1) is 5.29. The molecule has 0 bridgehead atoms. The normalized spacial score (nSPS) is 36.2. The van der Waals surface area contributed by atoms with Crippen molar-refractivity contribution in [3.8, 4) is 0 Å². The van der Waals surface area contributed by atoms with Gasteiger partial charge >= 0.3 is 0 Å². The SMILES string of the molecule is CC1OC(C)C2=C1C=CCC2. The summed E-state index contributed by atoms with van der Waals surface area (Å²) in [6, 6.07) is 0. The Kier molecular flexibility index (Phi) is 1.61. The van der Waals surface area contributed by atoms with E-state index in [4.69, 9.17) is 4.74 Å². The average molecular weight is 150 g/mol.